The molecule has 1 aromatic heterocycles. The Bertz CT molecular complexity index is 1030. The molecule has 0 bridgehead atoms. The van der Waals surface area contributed by atoms with Crippen molar-refractivity contribution in [3.8, 4) is 11.4 Å². The van der Waals surface area contributed by atoms with Gasteiger partial charge in [0.15, 0.2) is 0 Å². The van der Waals surface area contributed by atoms with E-state index in [1.807, 2.05) is 30.6 Å². The molecule has 1 aliphatic heterocycles. The van der Waals surface area contributed by atoms with Crippen LogP contribution in [-0.2, 0) is 16.6 Å². The van der Waals surface area contributed by atoms with E-state index < -0.39 is 10.0 Å². The summed E-state index contributed by atoms with van der Waals surface area (Å²) in [6.07, 6.45) is 5.49. The predicted molar refractivity (Wildman–Crippen MR) is 111 cm³/mol. The Balaban J connectivity index is 1.42. The molecule has 7 heteroatoms. The zero-order chi connectivity index (χ0) is 19.6. The van der Waals surface area contributed by atoms with Crippen LogP contribution in [0.25, 0.3) is 11.4 Å². The van der Waals surface area contributed by atoms with Crippen LogP contribution in [0.3, 0.4) is 0 Å². The summed E-state index contributed by atoms with van der Waals surface area (Å²) in [5.41, 5.74) is 1.09. The van der Waals surface area contributed by atoms with Crippen LogP contribution in [0.1, 0.15) is 12.8 Å². The van der Waals surface area contributed by atoms with Crippen molar-refractivity contribution in [3.63, 3.8) is 0 Å². The van der Waals surface area contributed by atoms with E-state index in [1.165, 1.54) is 0 Å². The Kier molecular flexibility index (Phi) is 5.53. The maximum absolute atomic E-state index is 12.8. The highest BCUT2D eigenvalue weighted by Gasteiger charge is 2.29. The Morgan fingerprint density at radius 2 is 1.68 bits per heavy atom. The minimum absolute atomic E-state index is 0.302. The number of rotatable bonds is 5. The Morgan fingerprint density at radius 1 is 1.00 bits per heavy atom. The third-order valence-electron chi connectivity index (χ3n) is 5.23. The third-order valence-corrected chi connectivity index (χ3v) is 7.39. The maximum atomic E-state index is 12.8. The van der Waals surface area contributed by atoms with Crippen LogP contribution in [0.2, 0.25) is 5.02 Å². The molecule has 28 heavy (non-hydrogen) atoms. The fraction of sp³-hybridized carbons (Fsp3) is 0.286. The van der Waals surface area contributed by atoms with E-state index in [9.17, 15) is 8.42 Å². The molecule has 0 unspecified atom stereocenters. The van der Waals surface area contributed by atoms with Crippen molar-refractivity contribution >= 4 is 21.6 Å². The first kappa shape index (κ1) is 19.2. The smallest absolute Gasteiger partial charge is 0.243 e. The zero-order valence-electron chi connectivity index (χ0n) is 15.4. The van der Waals surface area contributed by atoms with Crippen LogP contribution < -0.4 is 0 Å². The van der Waals surface area contributed by atoms with Crippen molar-refractivity contribution in [2.75, 3.05) is 13.1 Å². The van der Waals surface area contributed by atoms with Crippen LogP contribution in [0.15, 0.2) is 71.9 Å². The average Bonchev–Trinajstić information content (AvgIpc) is 3.17. The zero-order valence-corrected chi connectivity index (χ0v) is 17.0. The Morgan fingerprint density at radius 3 is 2.36 bits per heavy atom. The van der Waals surface area contributed by atoms with Gasteiger partial charge in [0, 0.05) is 42.6 Å². The monoisotopic (exact) mass is 415 g/mol. The first-order chi connectivity index (χ1) is 13.5. The number of halogens is 1. The molecule has 0 amide bonds. The molecule has 1 saturated heterocycles. The highest BCUT2D eigenvalue weighted by molar-refractivity contribution is 7.89. The summed E-state index contributed by atoms with van der Waals surface area (Å²) in [7, 11) is -3.46. The number of hydrogen-bond acceptors (Lipinski definition) is 3. The van der Waals surface area contributed by atoms with Gasteiger partial charge in [-0.05, 0) is 43.0 Å². The number of benzene rings is 2. The molecule has 0 atom stereocenters. The van der Waals surface area contributed by atoms with E-state index in [1.54, 1.807) is 28.6 Å². The first-order valence-corrected chi connectivity index (χ1v) is 11.2. The topological polar surface area (TPSA) is 55.2 Å². The largest absolute Gasteiger partial charge is 0.331 e. The van der Waals surface area contributed by atoms with Gasteiger partial charge in [-0.2, -0.15) is 4.31 Å². The van der Waals surface area contributed by atoms with Crippen molar-refractivity contribution in [2.45, 2.75) is 24.3 Å². The summed E-state index contributed by atoms with van der Waals surface area (Å²) < 4.78 is 29.4. The van der Waals surface area contributed by atoms with E-state index in [2.05, 4.69) is 21.7 Å². The normalized spacial score (nSPS) is 16.3. The molecule has 0 spiro atoms. The predicted octanol–water partition coefficient (Wildman–Crippen LogP) is 4.30. The van der Waals surface area contributed by atoms with Crippen LogP contribution in [-0.4, -0.2) is 35.4 Å². The first-order valence-electron chi connectivity index (χ1n) is 9.36. The van der Waals surface area contributed by atoms with Crippen molar-refractivity contribution in [3.05, 3.63) is 72.0 Å². The van der Waals surface area contributed by atoms with Gasteiger partial charge in [-0.15, -0.1) is 0 Å². The second-order valence-electron chi connectivity index (χ2n) is 7.07. The summed E-state index contributed by atoms with van der Waals surface area (Å²) in [5.74, 6) is 1.38. The molecule has 0 radical (unpaired) electrons. The van der Waals surface area contributed by atoms with Crippen LogP contribution >= 0.6 is 11.6 Å². The molecule has 0 N–H and O–H groups in total. The highest BCUT2D eigenvalue weighted by atomic mass is 35.5. The standard InChI is InChI=1S/C21H22ClN3O2S/c22-19-6-8-20(9-7-19)28(26,27)25-13-10-17(11-14-25)16-24-15-12-23-21(24)18-4-2-1-3-5-18/h1-9,12,15,17H,10-11,13-14,16H2. The van der Waals surface area contributed by atoms with Gasteiger partial charge in [0.2, 0.25) is 10.0 Å². The molecule has 1 aliphatic rings. The number of imidazole rings is 1. The minimum Gasteiger partial charge on any atom is -0.331 e. The van der Waals surface area contributed by atoms with Gasteiger partial charge in [-0.3, -0.25) is 0 Å². The lowest BCUT2D eigenvalue weighted by Crippen LogP contribution is -2.39. The van der Waals surface area contributed by atoms with E-state index in [4.69, 9.17) is 11.6 Å². The molecule has 2 aromatic carbocycles. The van der Waals surface area contributed by atoms with E-state index in [-0.39, 0.29) is 0 Å². The molecule has 3 aromatic rings. The SMILES string of the molecule is O=S(=O)(c1ccc(Cl)cc1)N1CCC(Cn2ccnc2-c2ccccc2)CC1. The van der Waals surface area contributed by atoms with Gasteiger partial charge < -0.3 is 4.57 Å². The molecular weight excluding hydrogens is 394 g/mol. The molecular formula is C21H22ClN3O2S. The lowest BCUT2D eigenvalue weighted by molar-refractivity contribution is 0.253. The highest BCUT2D eigenvalue weighted by Crippen LogP contribution is 2.27. The van der Waals surface area contributed by atoms with Gasteiger partial charge in [0.1, 0.15) is 5.82 Å². The van der Waals surface area contributed by atoms with Gasteiger partial charge in [-0.25, -0.2) is 13.4 Å². The molecule has 2 heterocycles. The quantitative estimate of drug-likeness (QED) is 0.624. The number of piperidine rings is 1. The van der Waals surface area contributed by atoms with Crippen LogP contribution in [0.4, 0.5) is 0 Å². The molecule has 0 saturated carbocycles. The fourth-order valence-corrected chi connectivity index (χ4v) is 5.27. The minimum atomic E-state index is -3.46. The van der Waals surface area contributed by atoms with Crippen LogP contribution in [0, 0.1) is 5.92 Å². The second kappa shape index (κ2) is 8.07. The van der Waals surface area contributed by atoms with Crippen molar-refractivity contribution in [1.82, 2.24) is 13.9 Å². The van der Waals surface area contributed by atoms with Gasteiger partial charge in [0.05, 0.1) is 4.90 Å². The Hall–Kier alpha value is -2.15. The van der Waals surface area contributed by atoms with Gasteiger partial charge in [0.25, 0.3) is 0 Å². The summed E-state index contributed by atoms with van der Waals surface area (Å²) in [6.45, 7) is 1.91. The third kappa shape index (κ3) is 3.99. The van der Waals surface area contributed by atoms with Crippen molar-refractivity contribution in [1.29, 1.82) is 0 Å². The number of sulfonamides is 1. The molecule has 146 valence electrons. The molecule has 1 fully saturated rings. The number of hydrogen-bond donors (Lipinski definition) is 0. The van der Waals surface area contributed by atoms with Crippen molar-refractivity contribution in [2.24, 2.45) is 5.92 Å². The number of aromatic nitrogens is 2. The number of nitrogens with zero attached hydrogens (tertiary/aromatic N) is 3. The Labute approximate surface area is 170 Å². The van der Waals surface area contributed by atoms with E-state index in [0.717, 1.165) is 30.8 Å². The maximum Gasteiger partial charge on any atom is 0.243 e. The second-order valence-corrected chi connectivity index (χ2v) is 9.44. The van der Waals surface area contributed by atoms with Crippen molar-refractivity contribution < 1.29 is 8.42 Å². The lowest BCUT2D eigenvalue weighted by atomic mass is 9.98. The molecule has 5 nitrogen and oxygen atoms in total. The molecule has 0 aliphatic carbocycles. The summed E-state index contributed by atoms with van der Waals surface area (Å²) in [6, 6.07) is 16.5. The van der Waals surface area contributed by atoms with E-state index in [0.29, 0.717) is 28.9 Å². The van der Waals surface area contributed by atoms with Gasteiger partial charge in [-0.1, -0.05) is 41.9 Å². The summed E-state index contributed by atoms with van der Waals surface area (Å²) in [5, 5.41) is 0.534. The van der Waals surface area contributed by atoms with E-state index >= 15 is 0 Å². The summed E-state index contributed by atoms with van der Waals surface area (Å²) >= 11 is 5.88. The molecule has 4 rings (SSSR count). The van der Waals surface area contributed by atoms with Gasteiger partial charge >= 0.3 is 0 Å². The average molecular weight is 416 g/mol. The fourth-order valence-electron chi connectivity index (χ4n) is 3.67. The summed E-state index contributed by atoms with van der Waals surface area (Å²) in [4.78, 5) is 4.80. The lowest BCUT2D eigenvalue weighted by Gasteiger charge is -2.31. The van der Waals surface area contributed by atoms with Crippen LogP contribution in [0.5, 0.6) is 0 Å².